The number of hydrogen-bond acceptors (Lipinski definition) is 5. The van der Waals surface area contributed by atoms with E-state index in [2.05, 4.69) is 4.98 Å². The molecule has 0 bridgehead atoms. The van der Waals surface area contributed by atoms with Gasteiger partial charge in [-0.05, 0) is 18.2 Å². The number of phenolic OH excluding ortho intramolecular Hbond substituents is 1. The zero-order chi connectivity index (χ0) is 13.1. The fraction of sp³-hybridized carbons (Fsp3) is 0. The molecule has 0 radical (unpaired) electrons. The van der Waals surface area contributed by atoms with Crippen LogP contribution in [-0.4, -0.2) is 15.0 Å². The number of aromatic hydroxyl groups is 1. The number of nitro groups is 1. The molecule has 0 saturated heterocycles. The fourth-order valence-electron chi connectivity index (χ4n) is 1.28. The molecule has 2 rings (SSSR count). The number of ether oxygens (including phenoxy) is 1. The maximum atomic E-state index is 10.5. The number of benzene rings is 1. The number of pyridine rings is 1. The molecule has 6 nitrogen and oxygen atoms in total. The van der Waals surface area contributed by atoms with Crippen LogP contribution in [0.1, 0.15) is 0 Å². The van der Waals surface area contributed by atoms with Crippen molar-refractivity contribution in [2.45, 2.75) is 0 Å². The largest absolute Gasteiger partial charge is 0.502 e. The van der Waals surface area contributed by atoms with Gasteiger partial charge >= 0.3 is 5.69 Å². The number of nitro benzene ring substituents is 1. The van der Waals surface area contributed by atoms with Crippen LogP contribution in [-0.2, 0) is 0 Å². The van der Waals surface area contributed by atoms with Gasteiger partial charge in [-0.25, -0.2) is 4.98 Å². The molecule has 0 unspecified atom stereocenters. The molecule has 0 fully saturated rings. The van der Waals surface area contributed by atoms with Crippen molar-refractivity contribution < 1.29 is 14.8 Å². The summed E-state index contributed by atoms with van der Waals surface area (Å²) >= 11 is 5.61. The van der Waals surface area contributed by atoms with Gasteiger partial charge in [0.15, 0.2) is 5.75 Å². The third-order valence-corrected chi connectivity index (χ3v) is 2.30. The highest BCUT2D eigenvalue weighted by Gasteiger charge is 2.13. The van der Waals surface area contributed by atoms with E-state index in [4.69, 9.17) is 16.3 Å². The summed E-state index contributed by atoms with van der Waals surface area (Å²) < 4.78 is 5.35. The molecule has 1 heterocycles. The van der Waals surface area contributed by atoms with Crippen LogP contribution in [0.15, 0.2) is 36.5 Å². The van der Waals surface area contributed by atoms with E-state index in [-0.39, 0.29) is 11.4 Å². The molecule has 0 aliphatic carbocycles. The van der Waals surface area contributed by atoms with E-state index >= 15 is 0 Å². The van der Waals surface area contributed by atoms with Crippen LogP contribution in [0.2, 0.25) is 5.15 Å². The number of halogens is 1. The molecule has 0 saturated carbocycles. The smallest absolute Gasteiger partial charge is 0.310 e. The van der Waals surface area contributed by atoms with Crippen molar-refractivity contribution in [1.82, 2.24) is 4.98 Å². The molecular weight excluding hydrogens is 260 g/mol. The minimum absolute atomic E-state index is 0.266. The second-order valence-corrected chi connectivity index (χ2v) is 3.71. The lowest BCUT2D eigenvalue weighted by atomic mass is 10.3. The Labute approximate surface area is 107 Å². The highest BCUT2D eigenvalue weighted by atomic mass is 35.5. The summed E-state index contributed by atoms with van der Waals surface area (Å²) in [5.41, 5.74) is -0.378. The first kappa shape index (κ1) is 12.1. The van der Waals surface area contributed by atoms with Gasteiger partial charge in [0.25, 0.3) is 0 Å². The summed E-state index contributed by atoms with van der Waals surface area (Å²) in [5.74, 6) is 0.217. The van der Waals surface area contributed by atoms with Gasteiger partial charge in [-0.2, -0.15) is 0 Å². The number of nitrogens with zero attached hydrogens (tertiary/aromatic N) is 2. The van der Waals surface area contributed by atoms with Crippen LogP contribution < -0.4 is 4.74 Å². The Morgan fingerprint density at radius 2 is 2.00 bits per heavy atom. The van der Waals surface area contributed by atoms with Gasteiger partial charge in [0.05, 0.1) is 11.1 Å². The summed E-state index contributed by atoms with van der Waals surface area (Å²) in [6.45, 7) is 0. The van der Waals surface area contributed by atoms with Crippen molar-refractivity contribution in [1.29, 1.82) is 0 Å². The van der Waals surface area contributed by atoms with Crippen LogP contribution in [0.4, 0.5) is 5.69 Å². The van der Waals surface area contributed by atoms with Crippen LogP contribution in [0.5, 0.6) is 17.2 Å². The van der Waals surface area contributed by atoms with Crippen molar-refractivity contribution >= 4 is 17.3 Å². The van der Waals surface area contributed by atoms with E-state index in [1.807, 2.05) is 0 Å². The Bertz CT molecular complexity index is 586. The van der Waals surface area contributed by atoms with Gasteiger partial charge in [-0.15, -0.1) is 0 Å². The first-order chi connectivity index (χ1) is 8.56. The van der Waals surface area contributed by atoms with Crippen molar-refractivity contribution in [3.05, 3.63) is 51.8 Å². The first-order valence-corrected chi connectivity index (χ1v) is 5.21. The molecule has 0 aliphatic rings. The topological polar surface area (TPSA) is 85.5 Å². The molecule has 1 aromatic carbocycles. The summed E-state index contributed by atoms with van der Waals surface area (Å²) in [6, 6.07) is 6.84. The molecule has 1 N–H and O–H groups in total. The van der Waals surface area contributed by atoms with Crippen molar-refractivity contribution in [2.75, 3.05) is 0 Å². The van der Waals surface area contributed by atoms with E-state index in [0.717, 1.165) is 12.1 Å². The number of phenols is 1. The summed E-state index contributed by atoms with van der Waals surface area (Å²) in [5, 5.41) is 20.3. The van der Waals surface area contributed by atoms with Crippen molar-refractivity contribution in [3.8, 4) is 17.2 Å². The highest BCUT2D eigenvalue weighted by molar-refractivity contribution is 6.29. The highest BCUT2D eigenvalue weighted by Crippen LogP contribution is 2.31. The molecule has 92 valence electrons. The lowest BCUT2D eigenvalue weighted by molar-refractivity contribution is -0.385. The van der Waals surface area contributed by atoms with Gasteiger partial charge < -0.3 is 9.84 Å². The molecule has 0 amide bonds. The minimum Gasteiger partial charge on any atom is -0.502 e. The summed E-state index contributed by atoms with van der Waals surface area (Å²) in [6.07, 6.45) is 1.40. The van der Waals surface area contributed by atoms with Gasteiger partial charge in [0.1, 0.15) is 16.7 Å². The Kier molecular flexibility index (Phi) is 3.29. The fourth-order valence-corrected chi connectivity index (χ4v) is 1.39. The molecule has 0 spiro atoms. The van der Waals surface area contributed by atoms with Crippen molar-refractivity contribution in [2.24, 2.45) is 0 Å². The van der Waals surface area contributed by atoms with Crippen LogP contribution in [0.3, 0.4) is 0 Å². The number of aromatic nitrogens is 1. The van der Waals surface area contributed by atoms with Crippen LogP contribution in [0.25, 0.3) is 0 Å². The molecule has 0 aliphatic heterocycles. The van der Waals surface area contributed by atoms with E-state index < -0.39 is 10.7 Å². The average Bonchev–Trinajstić information content (AvgIpc) is 2.32. The average molecular weight is 267 g/mol. The van der Waals surface area contributed by atoms with E-state index in [1.54, 1.807) is 12.1 Å². The maximum Gasteiger partial charge on any atom is 0.310 e. The predicted molar refractivity (Wildman–Crippen MR) is 64.1 cm³/mol. The Balaban J connectivity index is 2.22. The van der Waals surface area contributed by atoms with Crippen LogP contribution >= 0.6 is 11.6 Å². The van der Waals surface area contributed by atoms with E-state index in [0.29, 0.717) is 10.9 Å². The van der Waals surface area contributed by atoms with E-state index in [9.17, 15) is 15.2 Å². The Morgan fingerprint density at radius 3 is 2.56 bits per heavy atom. The van der Waals surface area contributed by atoms with Gasteiger partial charge in [-0.1, -0.05) is 11.6 Å². The Hall–Kier alpha value is -2.34. The lowest BCUT2D eigenvalue weighted by Crippen LogP contribution is -1.90. The number of hydrogen-bond donors (Lipinski definition) is 1. The zero-order valence-corrected chi connectivity index (χ0v) is 9.66. The molecule has 1 aromatic heterocycles. The third-order valence-electron chi connectivity index (χ3n) is 2.08. The molecule has 18 heavy (non-hydrogen) atoms. The Morgan fingerprint density at radius 1 is 1.28 bits per heavy atom. The molecule has 7 heteroatoms. The molecule has 2 aromatic rings. The predicted octanol–water partition coefficient (Wildman–Crippen LogP) is 3.14. The molecular formula is C11H7ClN2O4. The first-order valence-electron chi connectivity index (χ1n) is 4.83. The monoisotopic (exact) mass is 266 g/mol. The van der Waals surface area contributed by atoms with E-state index in [1.165, 1.54) is 12.3 Å². The zero-order valence-electron chi connectivity index (χ0n) is 8.91. The second kappa shape index (κ2) is 4.89. The molecule has 0 atom stereocenters. The summed E-state index contributed by atoms with van der Waals surface area (Å²) in [4.78, 5) is 13.6. The standard InChI is InChI=1S/C11H7ClN2O4/c12-11-4-2-8(6-13-11)18-7-1-3-9(14(16)17)10(15)5-7/h1-6,15H. The number of rotatable bonds is 3. The third kappa shape index (κ3) is 2.67. The minimum atomic E-state index is -0.678. The van der Waals surface area contributed by atoms with Gasteiger partial charge in [-0.3, -0.25) is 10.1 Å². The quantitative estimate of drug-likeness (QED) is 0.524. The SMILES string of the molecule is O=[N+]([O-])c1ccc(Oc2ccc(Cl)nc2)cc1O. The van der Waals surface area contributed by atoms with Gasteiger partial charge in [0.2, 0.25) is 0 Å². The second-order valence-electron chi connectivity index (χ2n) is 3.33. The lowest BCUT2D eigenvalue weighted by Gasteiger charge is -2.05. The van der Waals surface area contributed by atoms with Gasteiger partial charge in [0, 0.05) is 12.1 Å². The normalized spacial score (nSPS) is 10.1. The summed E-state index contributed by atoms with van der Waals surface area (Å²) in [7, 11) is 0. The van der Waals surface area contributed by atoms with Crippen molar-refractivity contribution in [3.63, 3.8) is 0 Å². The maximum absolute atomic E-state index is 10.5. The van der Waals surface area contributed by atoms with Crippen LogP contribution in [0, 0.1) is 10.1 Å².